The van der Waals surface area contributed by atoms with Crippen LogP contribution in [0.3, 0.4) is 0 Å². The van der Waals surface area contributed by atoms with Crippen molar-refractivity contribution in [2.75, 3.05) is 13.3 Å². The molecular weight excluding hydrogens is 270 g/mol. The van der Waals surface area contributed by atoms with Crippen LogP contribution in [0.25, 0.3) is 0 Å². The number of fused-ring (bicyclic) bond motifs is 1. The number of nitrogens with one attached hydrogen (secondary N) is 1. The summed E-state index contributed by atoms with van der Waals surface area (Å²) < 4.78 is 10.9. The highest BCUT2D eigenvalue weighted by Crippen LogP contribution is 2.37. The Morgan fingerprint density at radius 1 is 1.15 bits per heavy atom. The zero-order valence-electron chi connectivity index (χ0n) is 11.8. The lowest BCUT2D eigenvalue weighted by atomic mass is 10.0. The van der Waals surface area contributed by atoms with E-state index >= 15 is 0 Å². The zero-order valence-corrected chi connectivity index (χ0v) is 12.6. The summed E-state index contributed by atoms with van der Waals surface area (Å²) in [5, 5.41) is 3.56. The van der Waals surface area contributed by atoms with E-state index in [0.717, 1.165) is 24.5 Å². The molecule has 1 unspecified atom stereocenters. The fourth-order valence-corrected chi connectivity index (χ4v) is 3.48. The van der Waals surface area contributed by atoms with Crippen molar-refractivity contribution >= 4 is 11.3 Å². The second-order valence-corrected chi connectivity index (χ2v) is 5.96. The van der Waals surface area contributed by atoms with Gasteiger partial charge >= 0.3 is 0 Å². The first-order valence-corrected chi connectivity index (χ1v) is 7.85. The van der Waals surface area contributed by atoms with Crippen LogP contribution in [0.4, 0.5) is 0 Å². The van der Waals surface area contributed by atoms with Crippen LogP contribution in [0.1, 0.15) is 35.2 Å². The predicted octanol–water partition coefficient (Wildman–Crippen LogP) is 3.74. The summed E-state index contributed by atoms with van der Waals surface area (Å²) in [7, 11) is 0. The Labute approximate surface area is 123 Å². The summed E-state index contributed by atoms with van der Waals surface area (Å²) in [6.07, 6.45) is 1.09. The van der Waals surface area contributed by atoms with Gasteiger partial charge < -0.3 is 14.8 Å². The molecule has 1 aliphatic rings. The van der Waals surface area contributed by atoms with E-state index in [1.807, 2.05) is 17.4 Å². The maximum Gasteiger partial charge on any atom is 0.231 e. The fourth-order valence-electron chi connectivity index (χ4n) is 2.42. The maximum absolute atomic E-state index is 5.48. The van der Waals surface area contributed by atoms with E-state index in [2.05, 4.69) is 43.4 Å². The van der Waals surface area contributed by atoms with E-state index < -0.39 is 0 Å². The summed E-state index contributed by atoms with van der Waals surface area (Å²) >= 11 is 1.87. The van der Waals surface area contributed by atoms with E-state index in [1.165, 1.54) is 15.3 Å². The molecule has 0 saturated heterocycles. The molecule has 0 amide bonds. The second-order valence-electron chi connectivity index (χ2n) is 4.76. The lowest BCUT2D eigenvalue weighted by Crippen LogP contribution is -2.21. The molecule has 1 aromatic heterocycles. The molecule has 2 aromatic rings. The number of hydrogen-bond acceptors (Lipinski definition) is 4. The maximum atomic E-state index is 5.48. The molecule has 1 N–H and O–H groups in total. The minimum Gasteiger partial charge on any atom is -0.454 e. The predicted molar refractivity (Wildman–Crippen MR) is 81.8 cm³/mol. The summed E-state index contributed by atoms with van der Waals surface area (Å²) in [4.78, 5) is 2.77. The molecule has 3 rings (SSSR count). The number of hydrogen-bond donors (Lipinski definition) is 1. The van der Waals surface area contributed by atoms with E-state index in [-0.39, 0.29) is 6.04 Å². The molecule has 0 saturated carbocycles. The molecule has 0 spiro atoms. The third-order valence-corrected chi connectivity index (χ3v) is 4.75. The van der Waals surface area contributed by atoms with Crippen molar-refractivity contribution in [1.82, 2.24) is 5.32 Å². The Hall–Kier alpha value is -1.52. The zero-order chi connectivity index (χ0) is 13.9. The molecular formula is C16H19NO2S. The van der Waals surface area contributed by atoms with Gasteiger partial charge in [0.05, 0.1) is 6.04 Å². The molecule has 2 heterocycles. The molecule has 106 valence electrons. The van der Waals surface area contributed by atoms with Crippen LogP contribution in [-0.4, -0.2) is 13.3 Å². The van der Waals surface area contributed by atoms with Gasteiger partial charge in [0, 0.05) is 9.75 Å². The summed E-state index contributed by atoms with van der Waals surface area (Å²) in [5.41, 5.74) is 1.22. The van der Waals surface area contributed by atoms with Crippen LogP contribution < -0.4 is 14.8 Å². The molecule has 3 nitrogen and oxygen atoms in total. The van der Waals surface area contributed by atoms with Crippen LogP contribution in [0.5, 0.6) is 11.5 Å². The van der Waals surface area contributed by atoms with Crippen molar-refractivity contribution in [3.8, 4) is 11.5 Å². The van der Waals surface area contributed by atoms with Crippen molar-refractivity contribution in [3.63, 3.8) is 0 Å². The molecule has 0 radical (unpaired) electrons. The number of aryl methyl sites for hydroxylation is 1. The molecule has 0 fully saturated rings. The van der Waals surface area contributed by atoms with E-state index in [1.54, 1.807) is 0 Å². The van der Waals surface area contributed by atoms with Gasteiger partial charge in [-0.3, -0.25) is 0 Å². The average molecular weight is 289 g/mol. The van der Waals surface area contributed by atoms with Crippen molar-refractivity contribution in [2.45, 2.75) is 26.3 Å². The van der Waals surface area contributed by atoms with Crippen molar-refractivity contribution in [1.29, 1.82) is 0 Å². The first-order chi connectivity index (χ1) is 9.81. The fraction of sp³-hybridized carbons (Fsp3) is 0.375. The molecule has 1 aromatic carbocycles. The normalized spacial score (nSPS) is 14.5. The van der Waals surface area contributed by atoms with Gasteiger partial charge in [0.25, 0.3) is 0 Å². The second kappa shape index (κ2) is 5.85. The molecule has 0 bridgehead atoms. The third kappa shape index (κ3) is 2.53. The number of rotatable bonds is 5. The Morgan fingerprint density at radius 2 is 2.00 bits per heavy atom. The van der Waals surface area contributed by atoms with Gasteiger partial charge in [-0.1, -0.05) is 19.9 Å². The smallest absolute Gasteiger partial charge is 0.231 e. The minimum atomic E-state index is 0.222. The van der Waals surface area contributed by atoms with Crippen LogP contribution >= 0.6 is 11.3 Å². The van der Waals surface area contributed by atoms with Crippen molar-refractivity contribution < 1.29 is 9.47 Å². The average Bonchev–Trinajstić information content (AvgIpc) is 3.12. The SMILES string of the molecule is CCNC(c1ccc2c(c1)OCO2)c1ccc(CC)s1. The Bertz CT molecular complexity index is 594. The minimum absolute atomic E-state index is 0.222. The van der Waals surface area contributed by atoms with Crippen molar-refractivity contribution in [3.05, 3.63) is 45.6 Å². The Kier molecular flexibility index (Phi) is 3.94. The number of benzene rings is 1. The van der Waals surface area contributed by atoms with Crippen LogP contribution in [-0.2, 0) is 6.42 Å². The molecule has 4 heteroatoms. The Morgan fingerprint density at radius 3 is 2.75 bits per heavy atom. The topological polar surface area (TPSA) is 30.5 Å². The van der Waals surface area contributed by atoms with Crippen LogP contribution in [0.15, 0.2) is 30.3 Å². The highest BCUT2D eigenvalue weighted by Gasteiger charge is 2.19. The third-order valence-electron chi connectivity index (χ3n) is 3.45. The molecule has 0 aliphatic carbocycles. The largest absolute Gasteiger partial charge is 0.454 e. The van der Waals surface area contributed by atoms with Gasteiger partial charge in [0.15, 0.2) is 11.5 Å². The first-order valence-electron chi connectivity index (χ1n) is 7.03. The highest BCUT2D eigenvalue weighted by molar-refractivity contribution is 7.12. The molecule has 20 heavy (non-hydrogen) atoms. The van der Waals surface area contributed by atoms with Gasteiger partial charge in [0.2, 0.25) is 6.79 Å². The summed E-state index contributed by atoms with van der Waals surface area (Å²) in [6.45, 7) is 5.58. The van der Waals surface area contributed by atoms with Gasteiger partial charge in [-0.2, -0.15) is 0 Å². The van der Waals surface area contributed by atoms with E-state index in [4.69, 9.17) is 9.47 Å². The lowest BCUT2D eigenvalue weighted by Gasteiger charge is -2.17. The molecule has 1 aliphatic heterocycles. The molecule has 1 atom stereocenters. The standard InChI is InChI=1S/C16H19NO2S/c1-3-12-6-8-15(20-12)16(17-4-2)11-5-7-13-14(9-11)19-10-18-13/h5-9,16-17H,3-4,10H2,1-2H3. The van der Waals surface area contributed by atoms with Crippen LogP contribution in [0.2, 0.25) is 0 Å². The summed E-state index contributed by atoms with van der Waals surface area (Å²) in [5.74, 6) is 1.68. The van der Waals surface area contributed by atoms with E-state index in [0.29, 0.717) is 6.79 Å². The van der Waals surface area contributed by atoms with Crippen LogP contribution in [0, 0.1) is 0 Å². The monoisotopic (exact) mass is 289 g/mol. The van der Waals surface area contributed by atoms with Gasteiger partial charge in [-0.15, -0.1) is 11.3 Å². The highest BCUT2D eigenvalue weighted by atomic mass is 32.1. The quantitative estimate of drug-likeness (QED) is 0.909. The number of ether oxygens (including phenoxy) is 2. The lowest BCUT2D eigenvalue weighted by molar-refractivity contribution is 0.174. The van der Waals surface area contributed by atoms with Gasteiger partial charge in [-0.05, 0) is 42.8 Å². The van der Waals surface area contributed by atoms with Gasteiger partial charge in [-0.25, -0.2) is 0 Å². The number of thiophene rings is 1. The van der Waals surface area contributed by atoms with E-state index in [9.17, 15) is 0 Å². The Balaban J connectivity index is 1.93. The first kappa shape index (κ1) is 13.5. The summed E-state index contributed by atoms with van der Waals surface area (Å²) in [6, 6.07) is 10.9. The van der Waals surface area contributed by atoms with Gasteiger partial charge in [0.1, 0.15) is 0 Å². The van der Waals surface area contributed by atoms with Crippen molar-refractivity contribution in [2.24, 2.45) is 0 Å².